The number of nitrogens with two attached hydrogens (primary N) is 1. The van der Waals surface area contributed by atoms with Gasteiger partial charge in [0.1, 0.15) is 0 Å². The van der Waals surface area contributed by atoms with Gasteiger partial charge in [-0.15, -0.1) is 0 Å². The van der Waals surface area contributed by atoms with Crippen LogP contribution in [0.1, 0.15) is 16.8 Å². The van der Waals surface area contributed by atoms with Crippen molar-refractivity contribution in [1.82, 2.24) is 4.98 Å². The number of nitrogen functional groups attached to an aromatic ring is 1. The van der Waals surface area contributed by atoms with Crippen molar-refractivity contribution in [3.63, 3.8) is 0 Å². The molecule has 0 aliphatic heterocycles. The summed E-state index contributed by atoms with van der Waals surface area (Å²) >= 11 is 0. The smallest absolute Gasteiger partial charge is 0.0604 e. The van der Waals surface area contributed by atoms with E-state index >= 15 is 0 Å². The Kier molecular flexibility index (Phi) is 1.62. The maximum absolute atomic E-state index is 5.72. The topological polar surface area (TPSA) is 38.9 Å². The van der Waals surface area contributed by atoms with Crippen LogP contribution >= 0.6 is 0 Å². The second-order valence-corrected chi connectivity index (χ2v) is 2.57. The van der Waals surface area contributed by atoms with E-state index in [1.54, 1.807) is 0 Å². The predicted octanol–water partition coefficient (Wildman–Crippen LogP) is 1.59. The van der Waals surface area contributed by atoms with E-state index in [9.17, 15) is 0 Å². The van der Waals surface area contributed by atoms with Crippen LogP contribution in [-0.2, 0) is 0 Å². The number of aromatic nitrogens is 1. The molecule has 0 atom stereocenters. The summed E-state index contributed by atoms with van der Waals surface area (Å²) in [5.74, 6) is 0. The first-order chi connectivity index (χ1) is 4.63. The number of rotatable bonds is 0. The fourth-order valence-corrected chi connectivity index (χ4v) is 0.844. The first-order valence-corrected chi connectivity index (χ1v) is 3.31. The van der Waals surface area contributed by atoms with Gasteiger partial charge in [0.25, 0.3) is 0 Å². The summed E-state index contributed by atoms with van der Waals surface area (Å²) in [7, 11) is 0. The molecule has 0 aromatic carbocycles. The number of nitrogens with zero attached hydrogens (tertiary/aromatic N) is 1. The molecule has 2 nitrogen and oxygen atoms in total. The highest BCUT2D eigenvalue weighted by molar-refractivity contribution is 5.51. The van der Waals surface area contributed by atoms with Gasteiger partial charge >= 0.3 is 0 Å². The molecule has 0 amide bonds. The normalized spacial score (nSPS) is 9.90. The highest BCUT2D eigenvalue weighted by atomic mass is 14.7. The van der Waals surface area contributed by atoms with Gasteiger partial charge in [-0.25, -0.2) is 0 Å². The highest BCUT2D eigenvalue weighted by Gasteiger charge is 1.99. The minimum atomic E-state index is 0.819. The molecule has 0 saturated carbocycles. The number of hydrogen-bond acceptors (Lipinski definition) is 2. The van der Waals surface area contributed by atoms with E-state index in [0.29, 0.717) is 0 Å². The summed E-state index contributed by atoms with van der Waals surface area (Å²) in [5.41, 5.74) is 9.76. The van der Waals surface area contributed by atoms with Crippen molar-refractivity contribution >= 4 is 5.69 Å². The summed E-state index contributed by atoms with van der Waals surface area (Å²) in [5, 5.41) is 0. The third kappa shape index (κ3) is 0.967. The molecule has 0 bridgehead atoms. The Morgan fingerprint density at radius 2 is 1.90 bits per heavy atom. The first kappa shape index (κ1) is 7.06. The summed E-state index contributed by atoms with van der Waals surface area (Å²) < 4.78 is 0. The highest BCUT2D eigenvalue weighted by Crippen LogP contribution is 2.16. The molecule has 0 fully saturated rings. The molecule has 0 spiro atoms. The lowest BCUT2D eigenvalue weighted by atomic mass is 10.1. The molecule has 2 N–H and O–H groups in total. The van der Waals surface area contributed by atoms with Crippen LogP contribution < -0.4 is 5.73 Å². The molecular formula is C8H12N2. The van der Waals surface area contributed by atoms with Crippen molar-refractivity contribution in [1.29, 1.82) is 0 Å². The Labute approximate surface area is 61.1 Å². The Morgan fingerprint density at radius 3 is 2.40 bits per heavy atom. The molecule has 1 rings (SSSR count). The second-order valence-electron chi connectivity index (χ2n) is 2.57. The largest absolute Gasteiger partial charge is 0.397 e. The minimum Gasteiger partial charge on any atom is -0.397 e. The van der Waals surface area contributed by atoms with E-state index < -0.39 is 0 Å². The van der Waals surface area contributed by atoms with Gasteiger partial charge in [-0.1, -0.05) is 0 Å². The second kappa shape index (κ2) is 2.29. The van der Waals surface area contributed by atoms with Crippen LogP contribution in [0.4, 0.5) is 5.69 Å². The molecule has 1 heterocycles. The van der Waals surface area contributed by atoms with E-state index in [4.69, 9.17) is 5.73 Å². The van der Waals surface area contributed by atoms with Gasteiger partial charge in [0.15, 0.2) is 0 Å². The summed E-state index contributed by atoms with van der Waals surface area (Å²) in [6.45, 7) is 5.94. The molecule has 54 valence electrons. The number of anilines is 1. The summed E-state index contributed by atoms with van der Waals surface area (Å²) in [6.07, 6.45) is 1.85. The average Bonchev–Trinajstić information content (AvgIpc) is 1.93. The van der Waals surface area contributed by atoms with Crippen LogP contribution in [0.25, 0.3) is 0 Å². The van der Waals surface area contributed by atoms with Crippen molar-refractivity contribution in [3.8, 4) is 0 Å². The van der Waals surface area contributed by atoms with Gasteiger partial charge in [0, 0.05) is 6.20 Å². The SMILES string of the molecule is Cc1cnc(C)c(N)c1C. The Hall–Kier alpha value is -1.05. The molecule has 0 radical (unpaired) electrons. The van der Waals surface area contributed by atoms with Crippen molar-refractivity contribution in [2.75, 3.05) is 5.73 Å². The zero-order chi connectivity index (χ0) is 7.72. The molecule has 0 aliphatic carbocycles. The van der Waals surface area contributed by atoms with E-state index in [-0.39, 0.29) is 0 Å². The average molecular weight is 136 g/mol. The van der Waals surface area contributed by atoms with Crippen LogP contribution in [0.2, 0.25) is 0 Å². The Balaban J connectivity index is 3.34. The van der Waals surface area contributed by atoms with Crippen LogP contribution in [0, 0.1) is 20.8 Å². The van der Waals surface area contributed by atoms with Gasteiger partial charge < -0.3 is 5.73 Å². The standard InChI is InChI=1S/C8H12N2/c1-5-4-10-7(3)8(9)6(5)2/h4H,9H2,1-3H3. The third-order valence-corrected chi connectivity index (χ3v) is 1.84. The van der Waals surface area contributed by atoms with Crippen LogP contribution in [-0.4, -0.2) is 4.98 Å². The van der Waals surface area contributed by atoms with Crippen molar-refractivity contribution < 1.29 is 0 Å². The zero-order valence-corrected chi connectivity index (χ0v) is 6.60. The van der Waals surface area contributed by atoms with Crippen LogP contribution in [0.5, 0.6) is 0 Å². The lowest BCUT2D eigenvalue weighted by Crippen LogP contribution is -1.97. The predicted molar refractivity (Wildman–Crippen MR) is 42.9 cm³/mol. The summed E-state index contributed by atoms with van der Waals surface area (Å²) in [4.78, 5) is 4.11. The lowest BCUT2D eigenvalue weighted by Gasteiger charge is -2.04. The quantitative estimate of drug-likeness (QED) is 0.588. The van der Waals surface area contributed by atoms with E-state index in [2.05, 4.69) is 4.98 Å². The Morgan fingerprint density at radius 1 is 1.30 bits per heavy atom. The van der Waals surface area contributed by atoms with Gasteiger partial charge in [-0.05, 0) is 31.9 Å². The lowest BCUT2D eigenvalue weighted by molar-refractivity contribution is 1.15. The van der Waals surface area contributed by atoms with Gasteiger partial charge in [0.05, 0.1) is 11.4 Å². The third-order valence-electron chi connectivity index (χ3n) is 1.84. The van der Waals surface area contributed by atoms with Gasteiger partial charge in [0.2, 0.25) is 0 Å². The van der Waals surface area contributed by atoms with E-state index in [0.717, 1.165) is 22.5 Å². The fraction of sp³-hybridized carbons (Fsp3) is 0.375. The molecule has 2 heteroatoms. The number of hydrogen-bond donors (Lipinski definition) is 1. The maximum atomic E-state index is 5.72. The van der Waals surface area contributed by atoms with Gasteiger partial charge in [-0.2, -0.15) is 0 Å². The Bertz CT molecular complexity index is 227. The van der Waals surface area contributed by atoms with Crippen molar-refractivity contribution in [2.24, 2.45) is 0 Å². The van der Waals surface area contributed by atoms with Crippen LogP contribution in [0.3, 0.4) is 0 Å². The molecule has 1 aromatic heterocycles. The summed E-state index contributed by atoms with van der Waals surface area (Å²) in [6, 6.07) is 0. The molecular weight excluding hydrogens is 124 g/mol. The number of aryl methyl sites for hydroxylation is 2. The molecule has 10 heavy (non-hydrogen) atoms. The first-order valence-electron chi connectivity index (χ1n) is 3.31. The molecule has 0 saturated heterocycles. The zero-order valence-electron chi connectivity index (χ0n) is 6.60. The monoisotopic (exact) mass is 136 g/mol. The van der Waals surface area contributed by atoms with E-state index in [1.807, 2.05) is 27.0 Å². The molecule has 0 unspecified atom stereocenters. The molecule has 0 aliphatic rings. The van der Waals surface area contributed by atoms with Crippen LogP contribution in [0.15, 0.2) is 6.20 Å². The van der Waals surface area contributed by atoms with Crippen molar-refractivity contribution in [2.45, 2.75) is 20.8 Å². The van der Waals surface area contributed by atoms with Crippen molar-refractivity contribution in [3.05, 3.63) is 23.0 Å². The fourth-order valence-electron chi connectivity index (χ4n) is 0.844. The minimum absolute atomic E-state index is 0.819. The van der Waals surface area contributed by atoms with E-state index in [1.165, 1.54) is 0 Å². The van der Waals surface area contributed by atoms with Gasteiger partial charge in [-0.3, -0.25) is 4.98 Å². The maximum Gasteiger partial charge on any atom is 0.0604 e. The molecule has 1 aromatic rings. The number of pyridine rings is 1.